The largest absolute Gasteiger partial charge is 1.00 e. The fourth-order valence-electron chi connectivity index (χ4n) is 8.29. The zero-order chi connectivity index (χ0) is 56.6. The zero-order valence-electron chi connectivity index (χ0n) is 46.9. The van der Waals surface area contributed by atoms with Crippen LogP contribution in [0.1, 0.15) is 72.5 Å². The first-order valence-corrected chi connectivity index (χ1v) is 27.4. The number of methoxy groups -OCH3 is 4. The summed E-state index contributed by atoms with van der Waals surface area (Å²) in [5.74, 6) is 2.21. The molecule has 0 radical (unpaired) electrons. The first-order valence-electron chi connectivity index (χ1n) is 24.8. The molecule has 4 aromatic carbocycles. The Bertz CT molecular complexity index is 3300. The van der Waals surface area contributed by atoms with Gasteiger partial charge in [-0.25, -0.2) is 9.97 Å². The van der Waals surface area contributed by atoms with Crippen LogP contribution in [-0.2, 0) is 55.8 Å². The van der Waals surface area contributed by atoms with Crippen LogP contribution in [0.15, 0.2) is 108 Å². The number of imidazole rings is 2. The van der Waals surface area contributed by atoms with Crippen molar-refractivity contribution in [1.82, 2.24) is 29.1 Å². The third kappa shape index (κ3) is 14.5. The summed E-state index contributed by atoms with van der Waals surface area (Å²) >= 11 is 0. The van der Waals surface area contributed by atoms with E-state index < -0.39 is 44.4 Å². The number of hydrogen-bond acceptors (Lipinski definition) is 15. The molecule has 0 aliphatic heterocycles. The van der Waals surface area contributed by atoms with E-state index in [0.29, 0.717) is 68.8 Å². The van der Waals surface area contributed by atoms with Gasteiger partial charge in [0.2, 0.25) is 10.3 Å². The van der Waals surface area contributed by atoms with Crippen LogP contribution in [-0.4, -0.2) is 96.2 Å². The van der Waals surface area contributed by atoms with E-state index in [1.807, 2.05) is 97.5 Å². The molecule has 8 aromatic rings. The second-order valence-corrected chi connectivity index (χ2v) is 22.7. The van der Waals surface area contributed by atoms with E-state index in [2.05, 4.69) is 9.97 Å². The Morgan fingerprint density at radius 2 is 0.937 bits per heavy atom. The molecule has 0 fully saturated rings. The van der Waals surface area contributed by atoms with Gasteiger partial charge >= 0.3 is 35.5 Å². The molecule has 0 amide bonds. The molecular weight excluding hydrogens is 1060 g/mol. The van der Waals surface area contributed by atoms with E-state index in [-0.39, 0.29) is 54.3 Å². The Balaban J connectivity index is 0.000000252. The molecule has 18 nitrogen and oxygen atoms in total. The molecule has 0 aliphatic rings. The molecule has 4 heterocycles. The third-order valence-corrected chi connectivity index (χ3v) is 15.7. The summed E-state index contributed by atoms with van der Waals surface area (Å²) in [6, 6.07) is 25.9. The molecular formula is C58H65N6NaO12S2. The van der Waals surface area contributed by atoms with Gasteiger partial charge in [0, 0.05) is 52.2 Å². The molecule has 4 aromatic heterocycles. The minimum absolute atomic E-state index is 0. The molecule has 2 unspecified atom stereocenters. The number of aromatic nitrogens is 6. The first kappa shape index (κ1) is 61.4. The number of carboxylic acid groups (broad SMARTS) is 2. The minimum atomic E-state index is -1.50. The third-order valence-electron chi connectivity index (χ3n) is 13.1. The second-order valence-electron chi connectivity index (χ2n) is 20.0. The molecule has 0 saturated heterocycles. The maximum absolute atomic E-state index is 13.7. The molecule has 0 saturated carbocycles. The van der Waals surface area contributed by atoms with Gasteiger partial charge in [-0.2, -0.15) is 0 Å². The second kappa shape index (κ2) is 26.4. The van der Waals surface area contributed by atoms with E-state index in [1.54, 1.807) is 92.8 Å². The van der Waals surface area contributed by atoms with Crippen molar-refractivity contribution < 1.29 is 86.2 Å². The number of pyridine rings is 2. The van der Waals surface area contributed by atoms with Crippen LogP contribution in [0.5, 0.6) is 34.5 Å². The van der Waals surface area contributed by atoms with E-state index in [0.717, 1.165) is 55.9 Å². The maximum Gasteiger partial charge on any atom is 1.00 e. The summed E-state index contributed by atoms with van der Waals surface area (Å²) in [5.41, 5.74) is 7.70. The number of carbonyl (C=O) groups is 2. The van der Waals surface area contributed by atoms with Gasteiger partial charge < -0.3 is 52.6 Å². The van der Waals surface area contributed by atoms with Crippen molar-refractivity contribution in [2.75, 3.05) is 41.7 Å². The summed E-state index contributed by atoms with van der Waals surface area (Å²) in [5, 5.41) is 21.4. The normalized spacial score (nSPS) is 12.2. The predicted molar refractivity (Wildman–Crippen MR) is 296 cm³/mol. The number of carbonyl (C=O) groups excluding carboxylic acids is 1. The zero-order valence-corrected chi connectivity index (χ0v) is 50.6. The van der Waals surface area contributed by atoms with Gasteiger partial charge in [-0.3, -0.25) is 23.2 Å². The van der Waals surface area contributed by atoms with Gasteiger partial charge in [0.1, 0.15) is 41.1 Å². The van der Waals surface area contributed by atoms with Crippen molar-refractivity contribution in [3.8, 4) is 34.5 Å². The van der Waals surface area contributed by atoms with Crippen LogP contribution in [0.25, 0.3) is 22.1 Å². The van der Waals surface area contributed by atoms with Gasteiger partial charge in [0.05, 0.1) is 126 Å². The average Bonchev–Trinajstić information content (AvgIpc) is 4.00. The Morgan fingerprint density at radius 1 is 0.570 bits per heavy atom. The topological polar surface area (TPSA) is 228 Å². The Kier molecular flexibility index (Phi) is 20.5. The van der Waals surface area contributed by atoms with Crippen LogP contribution in [0, 0.1) is 38.5 Å². The summed E-state index contributed by atoms with van der Waals surface area (Å²) in [6.45, 7) is 14.9. The van der Waals surface area contributed by atoms with Gasteiger partial charge in [0.25, 0.3) is 0 Å². The first-order chi connectivity index (χ1) is 37.1. The van der Waals surface area contributed by atoms with Gasteiger partial charge in [0.15, 0.2) is 0 Å². The van der Waals surface area contributed by atoms with Gasteiger partial charge in [-0.15, -0.1) is 0 Å². The Morgan fingerprint density at radius 3 is 1.28 bits per heavy atom. The monoisotopic (exact) mass is 1120 g/mol. The SMILES string of the molecule is COc1ccc2c(c1)nc(S(=O)Cc1ncc(C)c(OC)c1C)n2Cc1ccc(OCC(C)(C)C(=O)O)cc1.COc1ccc2c(c1)nc(S(=O)Cc1ncc(C)c(OC)c1C)n2Cc1ccc(OCC(C)(C)C(=O)[O-])cc1.[Na+]. The molecule has 8 rings (SSSR count). The molecule has 21 heteroatoms. The minimum Gasteiger partial charge on any atom is -0.549 e. The number of carboxylic acids is 2. The molecule has 2 atom stereocenters. The van der Waals surface area contributed by atoms with Crippen LogP contribution in [0.2, 0.25) is 0 Å². The summed E-state index contributed by atoms with van der Waals surface area (Å²) in [7, 11) is 3.42. The van der Waals surface area contributed by atoms with Crippen molar-refractivity contribution in [2.24, 2.45) is 10.8 Å². The number of benzene rings is 4. The number of rotatable bonds is 22. The number of nitrogens with zero attached hydrogens (tertiary/aromatic N) is 6. The molecule has 1 N–H and O–H groups in total. The number of ether oxygens (including phenoxy) is 6. The quantitative estimate of drug-likeness (QED) is 0.0828. The molecule has 0 aliphatic carbocycles. The van der Waals surface area contributed by atoms with Gasteiger partial charge in [-0.05, 0) is 101 Å². The predicted octanol–water partition coefficient (Wildman–Crippen LogP) is 5.49. The summed E-state index contributed by atoms with van der Waals surface area (Å²) < 4.78 is 64.5. The maximum atomic E-state index is 13.7. The van der Waals surface area contributed by atoms with E-state index in [9.17, 15) is 28.2 Å². The number of hydrogen-bond donors (Lipinski definition) is 1. The number of aryl methyl sites for hydroxylation is 2. The Labute approximate surface area is 487 Å². The van der Waals surface area contributed by atoms with E-state index >= 15 is 0 Å². The Hall–Kier alpha value is -6.84. The summed E-state index contributed by atoms with van der Waals surface area (Å²) in [6.07, 6.45) is 3.46. The molecule has 0 spiro atoms. The summed E-state index contributed by atoms with van der Waals surface area (Å²) in [4.78, 5) is 41.1. The van der Waals surface area contributed by atoms with Crippen LogP contribution >= 0.6 is 0 Å². The van der Waals surface area contributed by atoms with Crippen molar-refractivity contribution in [1.29, 1.82) is 0 Å². The van der Waals surface area contributed by atoms with Crippen molar-refractivity contribution in [2.45, 2.75) is 90.3 Å². The molecule has 0 bridgehead atoms. The van der Waals surface area contributed by atoms with E-state index in [4.69, 9.17) is 38.4 Å². The fourth-order valence-corrected chi connectivity index (χ4v) is 10.8. The standard InChI is InChI=1S/2C29H33N3O6S.Na/c2*1-18-14-30-24(19(2)26(18)37-6)16-39(35)28-31-23-13-22(36-5)11-12-25(23)32(28)15-20-7-9-21(10-8-20)38-17-29(3,4)27(33)34;/h2*7-14H,15-17H2,1-6H3,(H,33,34);/q;;+1/p-1. The molecule has 79 heavy (non-hydrogen) atoms. The van der Waals surface area contributed by atoms with Crippen LogP contribution in [0.4, 0.5) is 0 Å². The van der Waals surface area contributed by atoms with Crippen molar-refractivity contribution >= 4 is 55.6 Å². The molecule has 412 valence electrons. The van der Waals surface area contributed by atoms with Crippen LogP contribution in [0.3, 0.4) is 0 Å². The van der Waals surface area contributed by atoms with Crippen LogP contribution < -0.4 is 63.1 Å². The van der Waals surface area contributed by atoms with Crippen molar-refractivity contribution in [3.63, 3.8) is 0 Å². The van der Waals surface area contributed by atoms with Gasteiger partial charge in [-0.1, -0.05) is 38.1 Å². The smallest absolute Gasteiger partial charge is 0.549 e. The number of aliphatic carboxylic acids is 2. The fraction of sp³-hybridized carbons (Fsp3) is 0.345. The van der Waals surface area contributed by atoms with Crippen molar-refractivity contribution in [3.05, 3.63) is 142 Å². The van der Waals surface area contributed by atoms with E-state index in [1.165, 1.54) is 0 Å². The average molecular weight is 1130 g/mol. The number of fused-ring (bicyclic) bond motifs is 2.